The van der Waals surface area contributed by atoms with Gasteiger partial charge in [0, 0.05) is 5.56 Å². The summed E-state index contributed by atoms with van der Waals surface area (Å²) in [6.07, 6.45) is 0. The molecule has 0 radical (unpaired) electrons. The Morgan fingerprint density at radius 3 is 2.80 bits per heavy atom. The first-order valence-electron chi connectivity index (χ1n) is 2.66. The van der Waals surface area contributed by atoms with Crippen LogP contribution in [0.1, 0.15) is 5.56 Å². The molecule has 54 valence electrons. The van der Waals surface area contributed by atoms with Crippen LogP contribution in [0.25, 0.3) is 0 Å². The fraction of sp³-hybridized carbons (Fsp3) is 0.167. The molecule has 1 rings (SSSR count). The summed E-state index contributed by atoms with van der Waals surface area (Å²) in [6.45, 7) is -0.0231. The Morgan fingerprint density at radius 1 is 1.60 bits per heavy atom. The molecule has 0 atom stereocenters. The van der Waals surface area contributed by atoms with Gasteiger partial charge < -0.3 is 5.11 Å². The van der Waals surface area contributed by atoms with Crippen LogP contribution in [0.2, 0.25) is 5.15 Å². The normalized spacial score (nSPS) is 9.90. The van der Waals surface area contributed by atoms with Crippen LogP contribution in [0.5, 0.6) is 0 Å². The molecule has 0 spiro atoms. The maximum absolute atomic E-state index is 8.70. The average molecular weight is 222 g/mol. The van der Waals surface area contributed by atoms with Gasteiger partial charge in [-0.05, 0) is 22.0 Å². The number of aromatic nitrogens is 1. The molecule has 1 heterocycles. The minimum Gasteiger partial charge on any atom is -0.392 e. The summed E-state index contributed by atoms with van der Waals surface area (Å²) >= 11 is 8.70. The minimum atomic E-state index is -0.0231. The molecule has 0 amide bonds. The number of rotatable bonds is 1. The van der Waals surface area contributed by atoms with Crippen LogP contribution in [-0.4, -0.2) is 10.1 Å². The first-order valence-corrected chi connectivity index (χ1v) is 3.83. The van der Waals surface area contributed by atoms with Crippen molar-refractivity contribution < 1.29 is 5.11 Å². The molecule has 0 unspecified atom stereocenters. The van der Waals surface area contributed by atoms with E-state index in [2.05, 4.69) is 20.9 Å². The SMILES string of the molecule is OCc1ccc(Cl)nc1Br. The number of hydrogen-bond acceptors (Lipinski definition) is 2. The van der Waals surface area contributed by atoms with Gasteiger partial charge in [-0.2, -0.15) is 0 Å². The predicted molar refractivity (Wildman–Crippen MR) is 42.9 cm³/mol. The van der Waals surface area contributed by atoms with E-state index in [4.69, 9.17) is 16.7 Å². The third-order valence-electron chi connectivity index (χ3n) is 1.06. The average Bonchev–Trinajstić information content (AvgIpc) is 1.88. The molecule has 1 N–H and O–H groups in total. The number of halogens is 2. The molecule has 10 heavy (non-hydrogen) atoms. The first-order chi connectivity index (χ1) is 4.74. The topological polar surface area (TPSA) is 33.1 Å². The Morgan fingerprint density at radius 2 is 2.30 bits per heavy atom. The van der Waals surface area contributed by atoms with Crippen molar-refractivity contribution in [2.24, 2.45) is 0 Å². The van der Waals surface area contributed by atoms with Crippen LogP contribution >= 0.6 is 27.5 Å². The Balaban J connectivity index is 3.07. The van der Waals surface area contributed by atoms with Gasteiger partial charge in [-0.3, -0.25) is 0 Å². The molecule has 0 saturated carbocycles. The van der Waals surface area contributed by atoms with Crippen molar-refractivity contribution >= 4 is 27.5 Å². The van der Waals surface area contributed by atoms with Crippen molar-refractivity contribution in [1.82, 2.24) is 4.98 Å². The van der Waals surface area contributed by atoms with Gasteiger partial charge in [0.15, 0.2) is 0 Å². The lowest BCUT2D eigenvalue weighted by Gasteiger charge is -1.97. The van der Waals surface area contributed by atoms with Gasteiger partial charge >= 0.3 is 0 Å². The molecule has 1 aromatic rings. The van der Waals surface area contributed by atoms with Crippen LogP contribution in [0.4, 0.5) is 0 Å². The molecule has 0 fully saturated rings. The van der Waals surface area contributed by atoms with E-state index in [9.17, 15) is 0 Å². The smallest absolute Gasteiger partial charge is 0.130 e. The van der Waals surface area contributed by atoms with Crippen molar-refractivity contribution in [2.75, 3.05) is 0 Å². The molecule has 0 bridgehead atoms. The molecule has 1 aromatic heterocycles. The summed E-state index contributed by atoms with van der Waals surface area (Å²) in [5, 5.41) is 9.12. The lowest BCUT2D eigenvalue weighted by molar-refractivity contribution is 0.280. The van der Waals surface area contributed by atoms with Crippen molar-refractivity contribution in [3.63, 3.8) is 0 Å². The van der Waals surface area contributed by atoms with E-state index in [1.165, 1.54) is 0 Å². The lowest BCUT2D eigenvalue weighted by Crippen LogP contribution is -1.87. The van der Waals surface area contributed by atoms with E-state index >= 15 is 0 Å². The fourth-order valence-electron chi connectivity index (χ4n) is 0.559. The summed E-state index contributed by atoms with van der Waals surface area (Å²) in [5.41, 5.74) is 0.740. The van der Waals surface area contributed by atoms with E-state index < -0.39 is 0 Å². The van der Waals surface area contributed by atoms with Crippen LogP contribution < -0.4 is 0 Å². The fourth-order valence-corrected chi connectivity index (χ4v) is 1.26. The number of pyridine rings is 1. The van der Waals surface area contributed by atoms with Crippen molar-refractivity contribution in [1.29, 1.82) is 0 Å². The Labute approximate surface area is 72.0 Å². The van der Waals surface area contributed by atoms with E-state index in [-0.39, 0.29) is 6.61 Å². The second-order valence-corrected chi connectivity index (χ2v) is 2.88. The van der Waals surface area contributed by atoms with Crippen LogP contribution in [0.3, 0.4) is 0 Å². The zero-order valence-electron chi connectivity index (χ0n) is 5.01. The highest BCUT2D eigenvalue weighted by Gasteiger charge is 1.98. The summed E-state index contributed by atoms with van der Waals surface area (Å²) < 4.78 is 0.600. The number of nitrogens with zero attached hydrogens (tertiary/aromatic N) is 1. The van der Waals surface area contributed by atoms with Crippen LogP contribution in [0.15, 0.2) is 16.7 Å². The highest BCUT2D eigenvalue weighted by Crippen LogP contribution is 2.16. The van der Waals surface area contributed by atoms with Crippen LogP contribution in [0, 0.1) is 0 Å². The van der Waals surface area contributed by atoms with Crippen LogP contribution in [-0.2, 0) is 6.61 Å². The second-order valence-electron chi connectivity index (χ2n) is 1.74. The van der Waals surface area contributed by atoms with Gasteiger partial charge in [0.25, 0.3) is 0 Å². The standard InChI is InChI=1S/C6H5BrClNO/c7-6-4(3-10)1-2-5(8)9-6/h1-2,10H,3H2. The van der Waals surface area contributed by atoms with E-state index in [0.29, 0.717) is 9.76 Å². The van der Waals surface area contributed by atoms with E-state index in [1.54, 1.807) is 12.1 Å². The quantitative estimate of drug-likeness (QED) is 0.737. The van der Waals surface area contributed by atoms with Gasteiger partial charge in [0.1, 0.15) is 9.76 Å². The highest BCUT2D eigenvalue weighted by atomic mass is 79.9. The van der Waals surface area contributed by atoms with Gasteiger partial charge in [0.2, 0.25) is 0 Å². The van der Waals surface area contributed by atoms with E-state index in [0.717, 1.165) is 5.56 Å². The largest absolute Gasteiger partial charge is 0.392 e. The number of aliphatic hydroxyl groups excluding tert-OH is 1. The second kappa shape index (κ2) is 3.32. The number of hydrogen-bond donors (Lipinski definition) is 1. The molecule has 0 aliphatic carbocycles. The molecule has 0 aromatic carbocycles. The Kier molecular flexibility index (Phi) is 2.65. The minimum absolute atomic E-state index is 0.0231. The Hall–Kier alpha value is -0.120. The molecular formula is C6H5BrClNO. The zero-order chi connectivity index (χ0) is 7.56. The van der Waals surface area contributed by atoms with Crippen molar-refractivity contribution in [3.05, 3.63) is 27.5 Å². The predicted octanol–water partition coefficient (Wildman–Crippen LogP) is 1.99. The van der Waals surface area contributed by atoms with E-state index in [1.807, 2.05) is 0 Å². The molecule has 0 aliphatic heterocycles. The number of aliphatic hydroxyl groups is 1. The maximum atomic E-state index is 8.70. The monoisotopic (exact) mass is 221 g/mol. The van der Waals surface area contributed by atoms with Crippen molar-refractivity contribution in [3.8, 4) is 0 Å². The highest BCUT2D eigenvalue weighted by molar-refractivity contribution is 9.10. The lowest BCUT2D eigenvalue weighted by atomic mass is 10.3. The summed E-state index contributed by atoms with van der Waals surface area (Å²) in [4.78, 5) is 3.87. The van der Waals surface area contributed by atoms with Gasteiger partial charge in [-0.1, -0.05) is 17.7 Å². The molecule has 2 nitrogen and oxygen atoms in total. The summed E-state index contributed by atoms with van der Waals surface area (Å²) in [7, 11) is 0. The van der Waals surface area contributed by atoms with Gasteiger partial charge in [0.05, 0.1) is 6.61 Å². The third-order valence-corrected chi connectivity index (χ3v) is 1.96. The van der Waals surface area contributed by atoms with Gasteiger partial charge in [-0.15, -0.1) is 0 Å². The molecule has 0 saturated heterocycles. The first kappa shape index (κ1) is 7.98. The summed E-state index contributed by atoms with van der Waals surface area (Å²) in [6, 6.07) is 3.36. The summed E-state index contributed by atoms with van der Waals surface area (Å²) in [5.74, 6) is 0. The third kappa shape index (κ3) is 1.68. The van der Waals surface area contributed by atoms with Gasteiger partial charge in [-0.25, -0.2) is 4.98 Å². The van der Waals surface area contributed by atoms with Crippen molar-refractivity contribution in [2.45, 2.75) is 6.61 Å². The molecular weight excluding hydrogens is 217 g/mol. The zero-order valence-corrected chi connectivity index (χ0v) is 7.35. The molecule has 0 aliphatic rings. The Bertz CT molecular complexity index is 241. The molecule has 4 heteroatoms. The maximum Gasteiger partial charge on any atom is 0.130 e.